The quantitative estimate of drug-likeness (QED) is 0.412. The summed E-state index contributed by atoms with van der Waals surface area (Å²) < 4.78 is 0. The molecule has 0 N–H and O–H groups in total. The second-order valence-electron chi connectivity index (χ2n) is 3.41. The minimum atomic E-state index is 0.812. The van der Waals surface area contributed by atoms with E-state index in [1.165, 1.54) is 19.3 Å². The van der Waals surface area contributed by atoms with Crippen LogP contribution in [0.5, 0.6) is 0 Å². The first-order valence-electron chi connectivity index (χ1n) is 4.24. The zero-order valence-corrected chi connectivity index (χ0v) is 7.28. The van der Waals surface area contributed by atoms with Crippen LogP contribution < -0.4 is 0 Å². The average molecular weight is 137 g/mol. The van der Waals surface area contributed by atoms with Gasteiger partial charge in [0.05, 0.1) is 0 Å². The fourth-order valence-corrected chi connectivity index (χ4v) is 1.37. The fraction of sp³-hybridized carbons (Fsp3) is 0.700. The molecule has 0 amide bonds. The summed E-state index contributed by atoms with van der Waals surface area (Å²) in [7, 11) is 0. The van der Waals surface area contributed by atoms with Crippen LogP contribution in [0, 0.1) is 12.3 Å². The molecule has 0 radical (unpaired) electrons. The molecule has 0 aromatic heterocycles. The maximum Gasteiger partial charge on any atom is -0.0101 e. The summed E-state index contributed by atoms with van der Waals surface area (Å²) in [5, 5.41) is 0. The lowest BCUT2D eigenvalue weighted by Crippen LogP contribution is -1.78. The normalized spacial score (nSPS) is 16.8. The topological polar surface area (TPSA) is 0 Å². The monoisotopic (exact) mass is 137 g/mol. The number of hydrogen-bond acceptors (Lipinski definition) is 0. The molecule has 1 rings (SSSR count). The Balaban J connectivity index is 2.20. The summed E-state index contributed by atoms with van der Waals surface area (Å²) in [6.07, 6.45) is 6.18. The van der Waals surface area contributed by atoms with Crippen LogP contribution in [0.2, 0.25) is 0 Å². The van der Waals surface area contributed by atoms with Crippen molar-refractivity contribution in [3.63, 3.8) is 0 Å². The van der Waals surface area contributed by atoms with Gasteiger partial charge in [-0.3, -0.25) is 0 Å². The Hall–Kier alpha value is -0.260. The van der Waals surface area contributed by atoms with Crippen molar-refractivity contribution in [2.24, 2.45) is 5.92 Å². The predicted molar refractivity (Wildman–Crippen MR) is 45.7 cm³/mol. The van der Waals surface area contributed by atoms with E-state index in [1.807, 2.05) is 0 Å². The van der Waals surface area contributed by atoms with Crippen molar-refractivity contribution in [3.8, 4) is 0 Å². The molecule has 0 aromatic carbocycles. The Bertz CT molecular complexity index is 140. The van der Waals surface area contributed by atoms with Crippen molar-refractivity contribution >= 4 is 0 Å². The minimum absolute atomic E-state index is 0.812. The molecule has 1 aliphatic rings. The van der Waals surface area contributed by atoms with Crippen molar-refractivity contribution < 1.29 is 0 Å². The zero-order valence-electron chi connectivity index (χ0n) is 7.28. The van der Waals surface area contributed by atoms with E-state index in [9.17, 15) is 0 Å². The standard InChI is InChI=1S/C10H17/c1-4-5-6-9-7-10(9)8(2)3/h4,8H,5-7H2,1-3H3/q-1. The Labute approximate surface area is 64.3 Å². The first-order valence-corrected chi connectivity index (χ1v) is 4.24. The van der Waals surface area contributed by atoms with Crippen LogP contribution in [-0.2, 0) is 0 Å². The third-order valence-corrected chi connectivity index (χ3v) is 2.16. The van der Waals surface area contributed by atoms with Gasteiger partial charge in [-0.1, -0.05) is 31.4 Å². The zero-order chi connectivity index (χ0) is 7.56. The van der Waals surface area contributed by atoms with E-state index in [2.05, 4.69) is 27.2 Å². The largest absolute Gasteiger partial charge is 0.331 e. The number of rotatable bonds is 4. The summed E-state index contributed by atoms with van der Waals surface area (Å²) in [5.41, 5.74) is 3.45. The van der Waals surface area contributed by atoms with E-state index in [0.717, 1.165) is 5.92 Å². The molecule has 1 aliphatic carbocycles. The highest BCUT2D eigenvalue weighted by Gasteiger charge is 2.21. The van der Waals surface area contributed by atoms with E-state index >= 15 is 0 Å². The van der Waals surface area contributed by atoms with Gasteiger partial charge in [-0.25, -0.2) is 0 Å². The molecule has 0 saturated carbocycles. The Morgan fingerprint density at radius 1 is 1.50 bits per heavy atom. The van der Waals surface area contributed by atoms with Crippen LogP contribution in [0.1, 0.15) is 40.0 Å². The molecule has 0 bridgehead atoms. The van der Waals surface area contributed by atoms with E-state index in [1.54, 1.807) is 11.1 Å². The second-order valence-corrected chi connectivity index (χ2v) is 3.41. The third-order valence-electron chi connectivity index (χ3n) is 2.16. The van der Waals surface area contributed by atoms with Gasteiger partial charge < -0.3 is 6.42 Å². The highest BCUT2D eigenvalue weighted by Crippen LogP contribution is 2.39. The molecule has 0 aromatic rings. The Morgan fingerprint density at radius 2 is 2.20 bits per heavy atom. The van der Waals surface area contributed by atoms with Gasteiger partial charge in [0.25, 0.3) is 0 Å². The lowest BCUT2D eigenvalue weighted by molar-refractivity contribution is 0.793. The van der Waals surface area contributed by atoms with Crippen LogP contribution in [0.4, 0.5) is 0 Å². The van der Waals surface area contributed by atoms with Gasteiger partial charge in [-0.05, 0) is 12.3 Å². The van der Waals surface area contributed by atoms with Crippen molar-refractivity contribution in [1.29, 1.82) is 0 Å². The second kappa shape index (κ2) is 3.23. The number of hydrogen-bond donors (Lipinski definition) is 0. The SMILES string of the molecule is C[CH-]CCC1=C(C(C)C)C1. The van der Waals surface area contributed by atoms with Gasteiger partial charge >= 0.3 is 0 Å². The van der Waals surface area contributed by atoms with Gasteiger partial charge in [0.15, 0.2) is 0 Å². The van der Waals surface area contributed by atoms with Crippen LogP contribution in [0.3, 0.4) is 0 Å². The molecular formula is C10H17-. The van der Waals surface area contributed by atoms with E-state index in [0.29, 0.717) is 0 Å². The molecule has 0 nitrogen and oxygen atoms in total. The third kappa shape index (κ3) is 1.86. The fourth-order valence-electron chi connectivity index (χ4n) is 1.37. The van der Waals surface area contributed by atoms with Crippen LogP contribution in [0.25, 0.3) is 0 Å². The summed E-state index contributed by atoms with van der Waals surface area (Å²) in [5.74, 6) is 0.812. The van der Waals surface area contributed by atoms with Crippen LogP contribution in [-0.4, -0.2) is 0 Å². The maximum atomic E-state index is 2.29. The van der Waals surface area contributed by atoms with Crippen molar-refractivity contribution in [3.05, 3.63) is 17.6 Å². The molecule has 0 aliphatic heterocycles. The molecular weight excluding hydrogens is 120 g/mol. The summed E-state index contributed by atoms with van der Waals surface area (Å²) in [6.45, 7) is 6.72. The van der Waals surface area contributed by atoms with E-state index in [-0.39, 0.29) is 0 Å². The first kappa shape index (κ1) is 7.84. The van der Waals surface area contributed by atoms with Crippen molar-refractivity contribution in [2.75, 3.05) is 0 Å². The van der Waals surface area contributed by atoms with Gasteiger partial charge in [0.1, 0.15) is 0 Å². The smallest absolute Gasteiger partial charge is 0.0101 e. The van der Waals surface area contributed by atoms with Crippen LogP contribution in [0.15, 0.2) is 11.1 Å². The Kier molecular flexibility index (Phi) is 2.53. The lowest BCUT2D eigenvalue weighted by Gasteiger charge is -1.98. The van der Waals surface area contributed by atoms with Gasteiger partial charge in [0, 0.05) is 0 Å². The summed E-state index contributed by atoms with van der Waals surface area (Å²) >= 11 is 0. The summed E-state index contributed by atoms with van der Waals surface area (Å²) in [6, 6.07) is 0. The highest BCUT2D eigenvalue weighted by atomic mass is 14.3. The maximum absolute atomic E-state index is 2.29. The van der Waals surface area contributed by atoms with Gasteiger partial charge in [-0.15, -0.1) is 0 Å². The molecule has 0 heterocycles. The van der Waals surface area contributed by atoms with E-state index in [4.69, 9.17) is 0 Å². The molecule has 10 heavy (non-hydrogen) atoms. The average Bonchev–Trinajstić information content (AvgIpc) is 2.62. The number of allylic oxidation sites excluding steroid dienone is 2. The Morgan fingerprint density at radius 3 is 2.60 bits per heavy atom. The first-order chi connectivity index (χ1) is 4.75. The summed E-state index contributed by atoms with van der Waals surface area (Å²) in [4.78, 5) is 0. The molecule has 0 spiro atoms. The molecule has 0 heteroatoms. The highest BCUT2D eigenvalue weighted by molar-refractivity contribution is 5.36. The molecule has 0 fully saturated rings. The molecule has 58 valence electrons. The van der Waals surface area contributed by atoms with Gasteiger partial charge in [0.2, 0.25) is 0 Å². The minimum Gasteiger partial charge on any atom is -0.331 e. The molecule has 0 atom stereocenters. The molecule has 0 saturated heterocycles. The van der Waals surface area contributed by atoms with Crippen molar-refractivity contribution in [2.45, 2.75) is 40.0 Å². The van der Waals surface area contributed by atoms with E-state index < -0.39 is 0 Å². The lowest BCUT2D eigenvalue weighted by atomic mass is 10.1. The van der Waals surface area contributed by atoms with Gasteiger partial charge in [-0.2, -0.15) is 13.3 Å². The van der Waals surface area contributed by atoms with Crippen molar-refractivity contribution in [1.82, 2.24) is 0 Å². The van der Waals surface area contributed by atoms with Crippen LogP contribution >= 0.6 is 0 Å². The number of unbranched alkanes of at least 4 members (excludes halogenated alkanes) is 1. The predicted octanol–water partition coefficient (Wildman–Crippen LogP) is 3.35. The molecule has 0 unspecified atom stereocenters.